The lowest BCUT2D eigenvalue weighted by atomic mass is 10.2. The molecule has 25 heavy (non-hydrogen) atoms. The number of hydrogen-bond donors (Lipinski definition) is 1. The number of hydrogen-bond acceptors (Lipinski definition) is 6. The van der Waals surface area contributed by atoms with E-state index in [1.54, 1.807) is 17.5 Å². The van der Waals surface area contributed by atoms with E-state index in [1.165, 1.54) is 11.3 Å². The zero-order chi connectivity index (χ0) is 17.2. The maximum absolute atomic E-state index is 4.62. The van der Waals surface area contributed by atoms with Crippen molar-refractivity contribution in [1.82, 2.24) is 19.6 Å². The van der Waals surface area contributed by atoms with E-state index < -0.39 is 0 Å². The molecule has 0 amide bonds. The molecule has 3 heterocycles. The summed E-state index contributed by atoms with van der Waals surface area (Å²) >= 11 is 1.54. The van der Waals surface area contributed by atoms with E-state index in [-0.39, 0.29) is 0 Å². The zero-order valence-corrected chi connectivity index (χ0v) is 14.9. The molecule has 7 heteroatoms. The molecular weight excluding hydrogens is 332 g/mol. The van der Waals surface area contributed by atoms with E-state index in [4.69, 9.17) is 0 Å². The molecule has 0 saturated heterocycles. The van der Waals surface area contributed by atoms with Gasteiger partial charge in [-0.3, -0.25) is 4.98 Å². The Kier molecular flexibility index (Phi) is 4.07. The third kappa shape index (κ3) is 3.32. The van der Waals surface area contributed by atoms with E-state index in [2.05, 4.69) is 49.5 Å². The molecule has 0 saturated carbocycles. The van der Waals surface area contributed by atoms with Crippen LogP contribution in [0.2, 0.25) is 0 Å². The lowest BCUT2D eigenvalue weighted by Gasteiger charge is -2.12. The van der Waals surface area contributed by atoms with Crippen molar-refractivity contribution in [2.24, 2.45) is 0 Å². The quantitative estimate of drug-likeness (QED) is 0.597. The maximum Gasteiger partial charge on any atom is 0.214 e. The first-order valence-electron chi connectivity index (χ1n) is 7.96. The van der Waals surface area contributed by atoms with Crippen LogP contribution < -0.4 is 10.2 Å². The van der Waals surface area contributed by atoms with Crippen LogP contribution >= 0.6 is 11.3 Å². The van der Waals surface area contributed by atoms with Gasteiger partial charge in [-0.1, -0.05) is 23.5 Å². The number of anilines is 2. The second kappa shape index (κ2) is 6.52. The molecule has 0 radical (unpaired) electrons. The fourth-order valence-electron chi connectivity index (χ4n) is 2.51. The van der Waals surface area contributed by atoms with Crippen LogP contribution in [-0.2, 0) is 6.54 Å². The van der Waals surface area contributed by atoms with Crippen molar-refractivity contribution in [2.45, 2.75) is 6.54 Å². The lowest BCUT2D eigenvalue weighted by Crippen LogP contribution is -2.08. The van der Waals surface area contributed by atoms with Crippen LogP contribution in [0, 0.1) is 0 Å². The largest absolute Gasteiger partial charge is 0.378 e. The third-order valence-electron chi connectivity index (χ3n) is 3.90. The van der Waals surface area contributed by atoms with Crippen molar-refractivity contribution < 1.29 is 0 Å². The molecule has 6 nitrogen and oxygen atoms in total. The monoisotopic (exact) mass is 350 g/mol. The molecule has 1 aromatic carbocycles. The summed E-state index contributed by atoms with van der Waals surface area (Å²) in [4.78, 5) is 11.7. The van der Waals surface area contributed by atoms with Crippen LogP contribution in [0.5, 0.6) is 0 Å². The average Bonchev–Trinajstić information content (AvgIpc) is 3.20. The maximum atomic E-state index is 4.62. The van der Waals surface area contributed by atoms with Gasteiger partial charge < -0.3 is 10.2 Å². The van der Waals surface area contributed by atoms with Crippen LogP contribution in [0.25, 0.3) is 16.2 Å². The second-order valence-corrected chi connectivity index (χ2v) is 6.87. The van der Waals surface area contributed by atoms with E-state index in [1.807, 2.05) is 43.1 Å². The van der Waals surface area contributed by atoms with Gasteiger partial charge in [0.1, 0.15) is 0 Å². The summed E-state index contributed by atoms with van der Waals surface area (Å²) < 4.78 is 1.81. The van der Waals surface area contributed by atoms with Crippen molar-refractivity contribution in [3.8, 4) is 11.3 Å². The lowest BCUT2D eigenvalue weighted by molar-refractivity contribution is 0.962. The van der Waals surface area contributed by atoms with Gasteiger partial charge in [0.25, 0.3) is 0 Å². The van der Waals surface area contributed by atoms with Gasteiger partial charge in [0.05, 0.1) is 11.9 Å². The predicted molar refractivity (Wildman–Crippen MR) is 102 cm³/mol. The minimum Gasteiger partial charge on any atom is -0.378 e. The summed E-state index contributed by atoms with van der Waals surface area (Å²) in [7, 11) is 4.08. The molecule has 0 spiro atoms. The normalized spacial score (nSPS) is 11.0. The van der Waals surface area contributed by atoms with E-state index in [0.717, 1.165) is 27.9 Å². The molecule has 0 atom stereocenters. The number of nitrogens with one attached hydrogen (secondary N) is 1. The van der Waals surface area contributed by atoms with Gasteiger partial charge in [-0.05, 0) is 29.8 Å². The van der Waals surface area contributed by atoms with Crippen LogP contribution in [0.3, 0.4) is 0 Å². The van der Waals surface area contributed by atoms with Crippen molar-refractivity contribution in [3.63, 3.8) is 0 Å². The highest BCUT2D eigenvalue weighted by Crippen LogP contribution is 2.24. The van der Waals surface area contributed by atoms with Gasteiger partial charge in [-0.15, -0.1) is 5.10 Å². The standard InChI is InChI=1S/C18H18N6S/c1-23(2)15-7-5-13(6-8-15)10-20-17-22-24-12-16(21-18(24)25-17)14-4-3-9-19-11-14/h3-9,11-12H,10H2,1-2H3,(H,20,22). The number of rotatable bonds is 5. The fraction of sp³-hybridized carbons (Fsp3) is 0.167. The first-order valence-corrected chi connectivity index (χ1v) is 8.77. The Bertz CT molecular complexity index is 940. The summed E-state index contributed by atoms with van der Waals surface area (Å²) in [6.07, 6.45) is 5.50. The smallest absolute Gasteiger partial charge is 0.214 e. The Morgan fingerprint density at radius 1 is 1.16 bits per heavy atom. The highest BCUT2D eigenvalue weighted by Gasteiger charge is 2.09. The number of benzene rings is 1. The molecule has 4 aromatic rings. The summed E-state index contributed by atoms with van der Waals surface area (Å²) in [6, 6.07) is 12.4. The van der Waals surface area contributed by atoms with Gasteiger partial charge >= 0.3 is 0 Å². The SMILES string of the molecule is CN(C)c1ccc(CNc2nn3cc(-c4cccnc4)nc3s2)cc1. The number of fused-ring (bicyclic) bond motifs is 1. The van der Waals surface area contributed by atoms with Crippen LogP contribution in [0.15, 0.2) is 55.0 Å². The Morgan fingerprint density at radius 3 is 2.68 bits per heavy atom. The zero-order valence-electron chi connectivity index (χ0n) is 14.0. The van der Waals surface area contributed by atoms with E-state index in [0.29, 0.717) is 0 Å². The summed E-state index contributed by atoms with van der Waals surface area (Å²) in [5, 5.41) is 8.78. The van der Waals surface area contributed by atoms with Gasteiger partial charge in [0.15, 0.2) is 0 Å². The first-order chi connectivity index (χ1) is 12.2. The average molecular weight is 350 g/mol. The predicted octanol–water partition coefficient (Wildman–Crippen LogP) is 3.53. The van der Waals surface area contributed by atoms with Crippen molar-refractivity contribution in [1.29, 1.82) is 0 Å². The van der Waals surface area contributed by atoms with Gasteiger partial charge in [0.2, 0.25) is 10.1 Å². The van der Waals surface area contributed by atoms with Crippen LogP contribution in [-0.4, -0.2) is 33.7 Å². The number of nitrogens with zero attached hydrogens (tertiary/aromatic N) is 5. The van der Waals surface area contributed by atoms with Crippen LogP contribution in [0.1, 0.15) is 5.56 Å². The molecule has 0 aliphatic rings. The minimum absolute atomic E-state index is 0.736. The van der Waals surface area contributed by atoms with Gasteiger partial charge in [-0.2, -0.15) is 0 Å². The van der Waals surface area contributed by atoms with Crippen molar-refractivity contribution in [2.75, 3.05) is 24.3 Å². The van der Waals surface area contributed by atoms with Gasteiger partial charge in [-0.25, -0.2) is 9.50 Å². The summed E-state index contributed by atoms with van der Waals surface area (Å²) in [6.45, 7) is 0.736. The number of pyridine rings is 1. The molecule has 4 rings (SSSR count). The van der Waals surface area contributed by atoms with E-state index >= 15 is 0 Å². The number of imidazole rings is 1. The third-order valence-corrected chi connectivity index (χ3v) is 4.78. The fourth-order valence-corrected chi connectivity index (χ4v) is 3.29. The second-order valence-electron chi connectivity index (χ2n) is 5.92. The summed E-state index contributed by atoms with van der Waals surface area (Å²) in [5.74, 6) is 0. The molecular formula is C18H18N6S. The Balaban J connectivity index is 1.46. The van der Waals surface area contributed by atoms with Gasteiger partial charge in [0, 0.05) is 44.3 Å². The summed E-state index contributed by atoms with van der Waals surface area (Å²) in [5.41, 5.74) is 4.29. The Labute approximate surface area is 149 Å². The molecule has 0 bridgehead atoms. The van der Waals surface area contributed by atoms with Crippen LogP contribution in [0.4, 0.5) is 10.8 Å². The van der Waals surface area contributed by atoms with Crippen molar-refractivity contribution in [3.05, 3.63) is 60.6 Å². The molecule has 0 aliphatic carbocycles. The minimum atomic E-state index is 0.736. The van der Waals surface area contributed by atoms with E-state index in [9.17, 15) is 0 Å². The first kappa shape index (κ1) is 15.6. The molecule has 0 aliphatic heterocycles. The molecule has 1 N–H and O–H groups in total. The number of aromatic nitrogens is 4. The molecule has 0 fully saturated rings. The molecule has 126 valence electrons. The Morgan fingerprint density at radius 2 is 2.00 bits per heavy atom. The van der Waals surface area contributed by atoms with Crippen molar-refractivity contribution >= 4 is 27.1 Å². The Hall–Kier alpha value is -2.93. The highest BCUT2D eigenvalue weighted by molar-refractivity contribution is 7.20. The highest BCUT2D eigenvalue weighted by atomic mass is 32.1. The molecule has 3 aromatic heterocycles. The molecule has 0 unspecified atom stereocenters. The topological polar surface area (TPSA) is 58.4 Å².